The number of anilines is 1. The monoisotopic (exact) mass is 534 g/mol. The van der Waals surface area contributed by atoms with E-state index in [0.717, 1.165) is 22.0 Å². The fourth-order valence-electron chi connectivity index (χ4n) is 4.70. The number of carbonyl (C=O) groups is 1. The standard InChI is InChI=1S/C26H32F2N4O4S/c1-3-18-16-32-9-10-37(35,36)31(2)22-13-19(12-20(18)25(22)32)26(34)30-21(11-17-7-5-4-6-8-17)23(33)14-29-15-24(27)28/h4-8,12-13,16,21,23-24,29,33H,3,9-11,14-15H2,1-2H3,(H,30,34)/t21-,23+/m0/s1. The van der Waals surface area contributed by atoms with Crippen LogP contribution in [0.5, 0.6) is 0 Å². The molecule has 2 heterocycles. The second-order valence-electron chi connectivity index (χ2n) is 9.26. The molecule has 3 aromatic rings. The van der Waals surface area contributed by atoms with Crippen molar-refractivity contribution in [2.75, 3.05) is 30.2 Å². The Labute approximate surface area is 215 Å². The molecule has 0 bridgehead atoms. The Morgan fingerprint density at radius 2 is 1.89 bits per heavy atom. The molecule has 0 radical (unpaired) electrons. The lowest BCUT2D eigenvalue weighted by molar-refractivity contribution is 0.0807. The Morgan fingerprint density at radius 3 is 2.57 bits per heavy atom. The number of carbonyl (C=O) groups excluding carboxylic acids is 1. The zero-order valence-electron chi connectivity index (χ0n) is 20.8. The number of amides is 1. The Bertz CT molecular complexity index is 1360. The maximum Gasteiger partial charge on any atom is 0.251 e. The number of sulfonamides is 1. The molecule has 2 atom stereocenters. The van der Waals surface area contributed by atoms with Gasteiger partial charge in [-0.25, -0.2) is 17.2 Å². The molecule has 2 aromatic carbocycles. The quantitative estimate of drug-likeness (QED) is 0.371. The third-order valence-electron chi connectivity index (χ3n) is 6.76. The van der Waals surface area contributed by atoms with Gasteiger partial charge in [0.1, 0.15) is 0 Å². The van der Waals surface area contributed by atoms with Crippen molar-refractivity contribution < 1.29 is 27.1 Å². The van der Waals surface area contributed by atoms with Crippen LogP contribution in [0.15, 0.2) is 48.7 Å². The summed E-state index contributed by atoms with van der Waals surface area (Å²) in [5.74, 6) is -0.541. The van der Waals surface area contributed by atoms with Gasteiger partial charge < -0.3 is 20.3 Å². The second kappa shape index (κ2) is 11.2. The number of aliphatic hydroxyl groups excluding tert-OH is 1. The van der Waals surface area contributed by atoms with Gasteiger partial charge in [-0.15, -0.1) is 0 Å². The Hall–Kier alpha value is -3.02. The molecule has 0 aliphatic carbocycles. The predicted octanol–water partition coefficient (Wildman–Crippen LogP) is 2.54. The Kier molecular flexibility index (Phi) is 8.15. The minimum atomic E-state index is -3.57. The zero-order chi connectivity index (χ0) is 26.7. The summed E-state index contributed by atoms with van der Waals surface area (Å²) < 4.78 is 53.9. The van der Waals surface area contributed by atoms with Crippen molar-refractivity contribution in [1.29, 1.82) is 0 Å². The number of aryl methyl sites for hydroxylation is 2. The molecule has 0 unspecified atom stereocenters. The van der Waals surface area contributed by atoms with Gasteiger partial charge in [0.2, 0.25) is 10.0 Å². The minimum absolute atomic E-state index is 0.0520. The van der Waals surface area contributed by atoms with E-state index in [9.17, 15) is 27.1 Å². The van der Waals surface area contributed by atoms with Gasteiger partial charge in [-0.2, -0.15) is 0 Å². The predicted molar refractivity (Wildman–Crippen MR) is 140 cm³/mol. The van der Waals surface area contributed by atoms with E-state index in [1.165, 1.54) is 11.4 Å². The van der Waals surface area contributed by atoms with Crippen LogP contribution in [0, 0.1) is 0 Å². The van der Waals surface area contributed by atoms with Crippen molar-refractivity contribution in [3.63, 3.8) is 0 Å². The van der Waals surface area contributed by atoms with Crippen LogP contribution in [0.2, 0.25) is 0 Å². The lowest BCUT2D eigenvalue weighted by atomic mass is 10.00. The van der Waals surface area contributed by atoms with Crippen molar-refractivity contribution in [3.05, 3.63) is 65.4 Å². The molecule has 1 aliphatic heterocycles. The van der Waals surface area contributed by atoms with E-state index < -0.39 is 41.0 Å². The van der Waals surface area contributed by atoms with Gasteiger partial charge in [0.15, 0.2) is 0 Å². The lowest BCUT2D eigenvalue weighted by Crippen LogP contribution is -2.49. The highest BCUT2D eigenvalue weighted by atomic mass is 32.2. The number of hydrogen-bond acceptors (Lipinski definition) is 5. The fraction of sp³-hybridized carbons (Fsp3) is 0.423. The summed E-state index contributed by atoms with van der Waals surface area (Å²) in [7, 11) is -2.08. The number of benzene rings is 2. The van der Waals surface area contributed by atoms with Crippen molar-refractivity contribution in [3.8, 4) is 0 Å². The largest absolute Gasteiger partial charge is 0.390 e. The molecule has 0 saturated carbocycles. The van der Waals surface area contributed by atoms with Gasteiger partial charge in [-0.1, -0.05) is 37.3 Å². The molecule has 0 spiro atoms. The van der Waals surface area contributed by atoms with Crippen LogP contribution in [-0.4, -0.2) is 68.5 Å². The summed E-state index contributed by atoms with van der Waals surface area (Å²) in [4.78, 5) is 13.5. The van der Waals surface area contributed by atoms with Crippen LogP contribution in [0.25, 0.3) is 10.9 Å². The number of nitrogens with zero attached hydrogens (tertiary/aromatic N) is 2. The molecule has 4 rings (SSSR count). The molecule has 1 aromatic heterocycles. The highest BCUT2D eigenvalue weighted by Gasteiger charge is 2.29. The molecule has 1 amide bonds. The normalized spacial score (nSPS) is 16.5. The van der Waals surface area contributed by atoms with E-state index in [4.69, 9.17) is 0 Å². The highest BCUT2D eigenvalue weighted by molar-refractivity contribution is 7.92. The Morgan fingerprint density at radius 1 is 1.16 bits per heavy atom. The first kappa shape index (κ1) is 27.0. The van der Waals surface area contributed by atoms with Gasteiger partial charge in [-0.3, -0.25) is 9.10 Å². The number of rotatable bonds is 10. The molecule has 1 aliphatic rings. The second-order valence-corrected chi connectivity index (χ2v) is 11.4. The number of nitrogens with one attached hydrogen (secondary N) is 2. The summed E-state index contributed by atoms with van der Waals surface area (Å²) in [5, 5.41) is 17.0. The maximum atomic E-state index is 13.5. The van der Waals surface area contributed by atoms with Crippen LogP contribution in [0.4, 0.5) is 14.5 Å². The summed E-state index contributed by atoms with van der Waals surface area (Å²) in [6.45, 7) is 1.62. The first-order valence-electron chi connectivity index (χ1n) is 12.2. The van der Waals surface area contributed by atoms with Gasteiger partial charge in [0, 0.05) is 37.3 Å². The topological polar surface area (TPSA) is 104 Å². The number of halogens is 2. The molecular formula is C26H32F2N4O4S. The average molecular weight is 535 g/mol. The number of alkyl halides is 2. The van der Waals surface area contributed by atoms with Crippen molar-refractivity contribution in [2.45, 2.75) is 44.9 Å². The van der Waals surface area contributed by atoms with Crippen molar-refractivity contribution in [2.24, 2.45) is 0 Å². The summed E-state index contributed by atoms with van der Waals surface area (Å²) >= 11 is 0. The van der Waals surface area contributed by atoms with Crippen LogP contribution >= 0.6 is 0 Å². The lowest BCUT2D eigenvalue weighted by Gasteiger charge is -2.25. The Balaban J connectivity index is 1.67. The molecule has 11 heteroatoms. The number of hydrogen-bond donors (Lipinski definition) is 3. The third-order valence-corrected chi connectivity index (χ3v) is 8.49. The molecule has 0 saturated heterocycles. The van der Waals surface area contributed by atoms with Crippen molar-refractivity contribution >= 4 is 32.5 Å². The van der Waals surface area contributed by atoms with Crippen LogP contribution in [0.1, 0.15) is 28.4 Å². The maximum absolute atomic E-state index is 13.5. The van der Waals surface area contributed by atoms with Crippen molar-refractivity contribution in [1.82, 2.24) is 15.2 Å². The molecular weight excluding hydrogens is 502 g/mol. The van der Waals surface area contributed by atoms with E-state index in [-0.39, 0.29) is 24.3 Å². The van der Waals surface area contributed by atoms with Gasteiger partial charge >= 0.3 is 0 Å². The number of aromatic nitrogens is 1. The van der Waals surface area contributed by atoms with Gasteiger partial charge in [-0.05, 0) is 36.1 Å². The van der Waals surface area contributed by atoms with Crippen LogP contribution < -0.4 is 14.9 Å². The summed E-state index contributed by atoms with van der Waals surface area (Å²) in [5.41, 5.74) is 3.28. The third kappa shape index (κ3) is 5.94. The molecule has 3 N–H and O–H groups in total. The zero-order valence-corrected chi connectivity index (χ0v) is 21.6. The molecule has 0 fully saturated rings. The first-order valence-corrected chi connectivity index (χ1v) is 13.9. The molecule has 8 nitrogen and oxygen atoms in total. The van der Waals surface area contributed by atoms with E-state index in [1.54, 1.807) is 12.1 Å². The minimum Gasteiger partial charge on any atom is -0.390 e. The van der Waals surface area contributed by atoms with Crippen LogP contribution in [0.3, 0.4) is 0 Å². The first-order chi connectivity index (χ1) is 17.6. The van der Waals surface area contributed by atoms with E-state index in [1.807, 2.05) is 48.0 Å². The average Bonchev–Trinajstić information content (AvgIpc) is 3.20. The molecule has 200 valence electrons. The van der Waals surface area contributed by atoms with Gasteiger partial charge in [0.05, 0.1) is 35.6 Å². The smallest absolute Gasteiger partial charge is 0.251 e. The highest BCUT2D eigenvalue weighted by Crippen LogP contribution is 2.35. The van der Waals surface area contributed by atoms with E-state index in [0.29, 0.717) is 18.7 Å². The number of aliphatic hydroxyl groups is 1. The van der Waals surface area contributed by atoms with E-state index in [2.05, 4.69) is 10.6 Å². The van der Waals surface area contributed by atoms with E-state index >= 15 is 0 Å². The SMILES string of the molecule is CCc1cn2c3c(cc(C(=O)N[C@@H](Cc4ccccc4)[C@H](O)CNCC(F)F)cc13)N(C)S(=O)(=O)CC2. The fourth-order valence-corrected chi connectivity index (χ4v) is 5.84. The van der Waals surface area contributed by atoms with Crippen LogP contribution in [-0.2, 0) is 29.4 Å². The summed E-state index contributed by atoms with van der Waals surface area (Å²) in [6.07, 6.45) is -0.778. The summed E-state index contributed by atoms with van der Waals surface area (Å²) in [6, 6.07) is 11.8. The molecule has 37 heavy (non-hydrogen) atoms. The van der Waals surface area contributed by atoms with Gasteiger partial charge in [0.25, 0.3) is 12.3 Å².